The Bertz CT molecular complexity index is 979. The van der Waals surface area contributed by atoms with Crippen molar-refractivity contribution in [2.45, 2.75) is 18.7 Å². The third kappa shape index (κ3) is 3.10. The van der Waals surface area contributed by atoms with Crippen molar-refractivity contribution in [3.63, 3.8) is 0 Å². The molecular formula is C17H18N4O3S. The quantitative estimate of drug-likeness (QED) is 0.755. The summed E-state index contributed by atoms with van der Waals surface area (Å²) in [5.41, 5.74) is 1.92. The van der Waals surface area contributed by atoms with E-state index in [1.807, 2.05) is 41.2 Å². The summed E-state index contributed by atoms with van der Waals surface area (Å²) in [5, 5.41) is 14.4. The molecule has 2 aromatic heterocycles. The number of benzene rings is 1. The first-order valence-corrected chi connectivity index (χ1v) is 9.83. The van der Waals surface area contributed by atoms with Gasteiger partial charge in [0.1, 0.15) is 5.82 Å². The maximum absolute atomic E-state index is 11.9. The number of imidazole rings is 1. The van der Waals surface area contributed by atoms with Crippen molar-refractivity contribution in [2.24, 2.45) is 0 Å². The zero-order valence-corrected chi connectivity index (χ0v) is 14.2. The molecule has 2 atom stereocenters. The van der Waals surface area contributed by atoms with Crippen LogP contribution < -0.4 is 0 Å². The third-order valence-electron chi connectivity index (χ3n) is 4.47. The van der Waals surface area contributed by atoms with Gasteiger partial charge in [-0.1, -0.05) is 24.3 Å². The minimum atomic E-state index is -3.23. The highest BCUT2D eigenvalue weighted by Gasteiger charge is 2.38. The molecule has 8 heteroatoms. The summed E-state index contributed by atoms with van der Waals surface area (Å²) in [7, 11) is -3.23. The van der Waals surface area contributed by atoms with E-state index in [1.54, 1.807) is 23.2 Å². The number of hydrogen-bond acceptors (Lipinski definition) is 5. The largest absolute Gasteiger partial charge is 0.390 e. The third-order valence-corrected chi connectivity index (χ3v) is 6.17. The predicted octanol–water partition coefficient (Wildman–Crippen LogP) is 1.13. The summed E-state index contributed by atoms with van der Waals surface area (Å²) in [4.78, 5) is 4.43. The van der Waals surface area contributed by atoms with Gasteiger partial charge < -0.3 is 9.67 Å². The molecule has 0 amide bonds. The van der Waals surface area contributed by atoms with E-state index in [2.05, 4.69) is 10.1 Å². The molecular weight excluding hydrogens is 340 g/mol. The van der Waals surface area contributed by atoms with Crippen LogP contribution in [0, 0.1) is 0 Å². The summed E-state index contributed by atoms with van der Waals surface area (Å²) < 4.78 is 27.3. The van der Waals surface area contributed by atoms with Crippen molar-refractivity contribution in [3.8, 4) is 11.4 Å². The van der Waals surface area contributed by atoms with Gasteiger partial charge in [-0.15, -0.1) is 0 Å². The molecule has 0 bridgehead atoms. The Morgan fingerprint density at radius 1 is 1.12 bits per heavy atom. The normalized spacial score (nSPS) is 22.3. The highest BCUT2D eigenvalue weighted by molar-refractivity contribution is 7.91. The van der Waals surface area contributed by atoms with Crippen LogP contribution in [-0.4, -0.2) is 50.5 Å². The molecule has 0 aliphatic carbocycles. The lowest BCUT2D eigenvalue weighted by Gasteiger charge is -2.19. The van der Waals surface area contributed by atoms with Gasteiger partial charge in [0.05, 0.1) is 30.2 Å². The highest BCUT2D eigenvalue weighted by atomic mass is 32.2. The van der Waals surface area contributed by atoms with Gasteiger partial charge in [0, 0.05) is 30.4 Å². The Morgan fingerprint density at radius 3 is 2.68 bits per heavy atom. The van der Waals surface area contributed by atoms with Gasteiger partial charge in [-0.05, 0) is 11.6 Å². The van der Waals surface area contributed by atoms with Crippen molar-refractivity contribution >= 4 is 9.84 Å². The van der Waals surface area contributed by atoms with Gasteiger partial charge >= 0.3 is 0 Å². The molecule has 1 aromatic carbocycles. The predicted molar refractivity (Wildman–Crippen MR) is 92.7 cm³/mol. The smallest absolute Gasteiger partial charge is 0.155 e. The maximum Gasteiger partial charge on any atom is 0.155 e. The van der Waals surface area contributed by atoms with Crippen molar-refractivity contribution in [3.05, 3.63) is 60.7 Å². The fourth-order valence-corrected chi connectivity index (χ4v) is 5.09. The summed E-state index contributed by atoms with van der Waals surface area (Å²) in [6, 6.07) is 9.17. The van der Waals surface area contributed by atoms with Gasteiger partial charge in [-0.3, -0.25) is 4.68 Å². The molecule has 3 heterocycles. The van der Waals surface area contributed by atoms with Crippen LogP contribution in [0.1, 0.15) is 11.6 Å². The number of hydrogen-bond donors (Lipinski definition) is 1. The monoisotopic (exact) mass is 358 g/mol. The fourth-order valence-electron chi connectivity index (χ4n) is 3.31. The molecule has 7 nitrogen and oxygen atoms in total. The Kier molecular flexibility index (Phi) is 3.93. The second-order valence-electron chi connectivity index (χ2n) is 6.23. The van der Waals surface area contributed by atoms with Crippen LogP contribution in [0.15, 0.2) is 55.1 Å². The Labute approximate surface area is 145 Å². The van der Waals surface area contributed by atoms with Crippen molar-refractivity contribution in [2.75, 3.05) is 11.5 Å². The van der Waals surface area contributed by atoms with E-state index in [0.717, 1.165) is 11.1 Å². The zero-order valence-electron chi connectivity index (χ0n) is 13.4. The van der Waals surface area contributed by atoms with Crippen LogP contribution in [0.2, 0.25) is 0 Å². The van der Waals surface area contributed by atoms with Crippen LogP contribution in [-0.2, 0) is 16.4 Å². The van der Waals surface area contributed by atoms with E-state index in [-0.39, 0.29) is 11.5 Å². The van der Waals surface area contributed by atoms with E-state index < -0.39 is 22.0 Å². The van der Waals surface area contributed by atoms with Crippen LogP contribution in [0.5, 0.6) is 0 Å². The number of aliphatic hydroxyl groups excluding tert-OH is 1. The number of aliphatic hydroxyl groups is 1. The molecule has 1 fully saturated rings. The van der Waals surface area contributed by atoms with E-state index in [1.165, 1.54) is 0 Å². The molecule has 0 radical (unpaired) electrons. The van der Waals surface area contributed by atoms with Crippen LogP contribution in [0.25, 0.3) is 11.4 Å². The second-order valence-corrected chi connectivity index (χ2v) is 8.38. The summed E-state index contributed by atoms with van der Waals surface area (Å²) in [6.07, 6.45) is 6.06. The lowest BCUT2D eigenvalue weighted by Crippen LogP contribution is -2.22. The van der Waals surface area contributed by atoms with Crippen LogP contribution in [0.4, 0.5) is 0 Å². The second kappa shape index (κ2) is 6.12. The molecule has 1 aliphatic heterocycles. The highest BCUT2D eigenvalue weighted by Crippen LogP contribution is 2.30. The number of aromatic nitrogens is 4. The minimum Gasteiger partial charge on any atom is -0.390 e. The maximum atomic E-state index is 11.9. The number of rotatable bonds is 4. The molecule has 0 saturated carbocycles. The molecule has 25 heavy (non-hydrogen) atoms. The van der Waals surface area contributed by atoms with Crippen molar-refractivity contribution < 1.29 is 13.5 Å². The van der Waals surface area contributed by atoms with Crippen LogP contribution >= 0.6 is 0 Å². The SMILES string of the molecule is O=S1(=O)C[C@@H](O)[C@H](n2ccnc2-c2ccccc2Cn2cccn2)C1. The first kappa shape index (κ1) is 16.0. The first-order chi connectivity index (χ1) is 12.0. The van der Waals surface area contributed by atoms with Crippen molar-refractivity contribution in [1.82, 2.24) is 19.3 Å². The van der Waals surface area contributed by atoms with Gasteiger partial charge in [0.25, 0.3) is 0 Å². The Morgan fingerprint density at radius 2 is 1.96 bits per heavy atom. The average molecular weight is 358 g/mol. The minimum absolute atomic E-state index is 0.0706. The fraction of sp³-hybridized carbons (Fsp3) is 0.294. The molecule has 1 N–H and O–H groups in total. The number of nitrogens with zero attached hydrogens (tertiary/aromatic N) is 4. The van der Waals surface area contributed by atoms with E-state index in [9.17, 15) is 13.5 Å². The van der Waals surface area contributed by atoms with Crippen molar-refractivity contribution in [1.29, 1.82) is 0 Å². The first-order valence-electron chi connectivity index (χ1n) is 8.00. The molecule has 4 rings (SSSR count). The lowest BCUT2D eigenvalue weighted by molar-refractivity contribution is 0.154. The van der Waals surface area contributed by atoms with Gasteiger partial charge in [0.15, 0.2) is 9.84 Å². The van der Waals surface area contributed by atoms with Crippen LogP contribution in [0.3, 0.4) is 0 Å². The average Bonchev–Trinajstić information content (AvgIpc) is 3.28. The molecule has 1 saturated heterocycles. The summed E-state index contributed by atoms with van der Waals surface area (Å²) in [6.45, 7) is 0.585. The Hall–Kier alpha value is -2.45. The van der Waals surface area contributed by atoms with Gasteiger partial charge in [-0.25, -0.2) is 13.4 Å². The molecule has 0 unspecified atom stereocenters. The molecule has 0 spiro atoms. The standard InChI is InChI=1S/C17H18N4O3S/c22-16-12-25(23,24)11-15(16)21-9-7-18-17(21)14-5-2-1-4-13(14)10-20-8-3-6-19-20/h1-9,15-16,22H,10-12H2/t15-,16-/m1/s1. The van der Waals surface area contributed by atoms with Gasteiger partial charge in [0.2, 0.25) is 0 Å². The molecule has 130 valence electrons. The van der Waals surface area contributed by atoms with Gasteiger partial charge in [-0.2, -0.15) is 5.10 Å². The Balaban J connectivity index is 1.74. The molecule has 3 aromatic rings. The lowest BCUT2D eigenvalue weighted by atomic mass is 10.1. The van der Waals surface area contributed by atoms with E-state index >= 15 is 0 Å². The molecule has 1 aliphatic rings. The van der Waals surface area contributed by atoms with E-state index in [4.69, 9.17) is 0 Å². The summed E-state index contributed by atoms with van der Waals surface area (Å²) >= 11 is 0. The zero-order chi connectivity index (χ0) is 17.4. The van der Waals surface area contributed by atoms with E-state index in [0.29, 0.717) is 12.4 Å². The topological polar surface area (TPSA) is 90.0 Å². The summed E-state index contributed by atoms with van der Waals surface area (Å²) in [5.74, 6) is 0.382. The number of sulfone groups is 1.